The van der Waals surface area contributed by atoms with Crippen LogP contribution in [0.25, 0.3) is 11.1 Å². The van der Waals surface area contributed by atoms with Gasteiger partial charge >= 0.3 is 0 Å². The Bertz CT molecular complexity index is 558. The number of hydrogen-bond acceptors (Lipinski definition) is 1. The standard InChI is InChI=1S/C13H11OP.2C2H6.CH3.Y/c1-15-13-9-5-3-7-11(13)10-6-2-4-8-12(10)14-15;2*1-2;;/h2-9,15H,1H2;2*1-2H3;1H3;/q;;;-1;/i;;;1T;. The largest absolute Gasteiger partial charge is 0.476 e. The summed E-state index contributed by atoms with van der Waals surface area (Å²) in [7, 11) is 1.39. The van der Waals surface area contributed by atoms with Crippen LogP contribution in [0.4, 0.5) is 0 Å². The zero-order valence-electron chi connectivity index (χ0n) is 14.5. The summed E-state index contributed by atoms with van der Waals surface area (Å²) in [5.41, 5.74) is 2.47. The van der Waals surface area contributed by atoms with Crippen LogP contribution in [0, 0.1) is 7.40 Å². The molecule has 0 aromatic heterocycles. The summed E-state index contributed by atoms with van der Waals surface area (Å²) in [4.78, 5) is 0. The van der Waals surface area contributed by atoms with Crippen molar-refractivity contribution in [1.82, 2.24) is 0 Å². The minimum Gasteiger partial charge on any atom is -0.476 e. The predicted molar refractivity (Wildman–Crippen MR) is 96.7 cm³/mol. The molecule has 2 aromatic rings. The Morgan fingerprint density at radius 3 is 2.00 bits per heavy atom. The van der Waals surface area contributed by atoms with Gasteiger partial charge in [-0.25, -0.2) is 1.37 Å². The van der Waals surface area contributed by atoms with Crippen LogP contribution in [0.5, 0.6) is 5.75 Å². The second-order valence-electron chi connectivity index (χ2n) is 3.57. The Hall–Kier alpha value is -0.356. The molecule has 3 rings (SSSR count). The molecule has 0 spiro atoms. The smallest absolute Gasteiger partial charge is 0.131 e. The van der Waals surface area contributed by atoms with Crippen LogP contribution in [0.3, 0.4) is 0 Å². The summed E-state index contributed by atoms with van der Waals surface area (Å²) in [6, 6.07) is 16.5. The van der Waals surface area contributed by atoms with Crippen LogP contribution in [0.15, 0.2) is 48.5 Å². The molecule has 0 N–H and O–H groups in total. The van der Waals surface area contributed by atoms with E-state index in [0.717, 1.165) is 5.75 Å². The Morgan fingerprint density at radius 2 is 1.38 bits per heavy atom. The van der Waals surface area contributed by atoms with E-state index in [0.29, 0.717) is 0 Å². The second-order valence-corrected chi connectivity index (χ2v) is 5.16. The van der Waals surface area contributed by atoms with Gasteiger partial charge in [0.1, 0.15) is 5.75 Å². The van der Waals surface area contributed by atoms with Crippen LogP contribution >= 0.6 is 7.77 Å². The van der Waals surface area contributed by atoms with Gasteiger partial charge in [0.2, 0.25) is 0 Å². The van der Waals surface area contributed by atoms with Crippen molar-refractivity contribution >= 4 is 19.4 Å². The van der Waals surface area contributed by atoms with E-state index in [1.54, 1.807) is 0 Å². The molecule has 1 aliphatic rings. The number of fused-ring (bicyclic) bond motifs is 3. The van der Waals surface area contributed by atoms with Crippen LogP contribution in [0.1, 0.15) is 29.1 Å². The maximum Gasteiger partial charge on any atom is 0.131 e. The molecule has 113 valence electrons. The van der Waals surface area contributed by atoms with Crippen LogP contribution in [-0.2, 0) is 32.7 Å². The quantitative estimate of drug-likeness (QED) is 0.437. The van der Waals surface area contributed by atoms with Gasteiger partial charge in [-0.3, -0.25) is 0 Å². The molecule has 0 saturated carbocycles. The minimum atomic E-state index is -1.11. The molecule has 0 aliphatic carbocycles. The molecule has 0 saturated heterocycles. The SMILES string of the molecule is C=[PH]1Oc2ccccc2-c2ccccc21.CC.CC.[3H][CH2-].[Y]. The van der Waals surface area contributed by atoms with Crippen molar-refractivity contribution in [3.8, 4) is 16.9 Å². The number of rotatable bonds is 0. The van der Waals surface area contributed by atoms with Gasteiger partial charge in [-0.05, 0) is 11.6 Å². The van der Waals surface area contributed by atoms with E-state index in [2.05, 4.69) is 38.0 Å². The molecule has 3 heteroatoms. The minimum absolute atomic E-state index is 0. The first-order chi connectivity index (χ1) is 10.4. The molecule has 0 bridgehead atoms. The van der Waals surface area contributed by atoms with E-state index in [1.165, 1.54) is 16.4 Å². The molecule has 1 nitrogen and oxygen atoms in total. The van der Waals surface area contributed by atoms with Gasteiger partial charge in [0.05, 0.1) is 7.77 Å². The summed E-state index contributed by atoms with van der Waals surface area (Å²) >= 11 is 0. The molecule has 21 heavy (non-hydrogen) atoms. The third-order valence-corrected chi connectivity index (χ3v) is 4.14. The fraction of sp³-hybridized carbons (Fsp3) is 0.222. The molecular formula is C18H26OPY-. The zero-order valence-corrected chi connectivity index (χ0v) is 17.4. The monoisotopic (exact) mass is 380 g/mol. The molecule has 1 radical (unpaired) electrons. The average Bonchev–Trinajstić information content (AvgIpc) is 2.61. The topological polar surface area (TPSA) is 9.23 Å². The zero-order chi connectivity index (χ0) is 16.3. The molecule has 2 aromatic carbocycles. The number of hydrogen-bond donors (Lipinski definition) is 0. The summed E-state index contributed by atoms with van der Waals surface area (Å²) in [5, 5.41) is 1.27. The summed E-state index contributed by atoms with van der Waals surface area (Å²) in [6.45, 7) is 8.00. The summed E-state index contributed by atoms with van der Waals surface area (Å²) < 4.78 is 11.3. The Labute approximate surface area is 157 Å². The van der Waals surface area contributed by atoms with E-state index >= 15 is 0 Å². The van der Waals surface area contributed by atoms with Crippen molar-refractivity contribution in [2.24, 2.45) is 0 Å². The van der Waals surface area contributed by atoms with Crippen molar-refractivity contribution in [2.45, 2.75) is 27.7 Å². The van der Waals surface area contributed by atoms with E-state index in [1.807, 2.05) is 52.0 Å². The van der Waals surface area contributed by atoms with E-state index in [9.17, 15) is 0 Å². The van der Waals surface area contributed by atoms with Gasteiger partial charge in [0.25, 0.3) is 0 Å². The summed E-state index contributed by atoms with van der Waals surface area (Å²) in [6.07, 6.45) is 4.12. The van der Waals surface area contributed by atoms with Crippen molar-refractivity contribution < 1.29 is 38.6 Å². The summed E-state index contributed by atoms with van der Waals surface area (Å²) in [5.74, 6) is 0.972. The predicted octanol–water partition coefficient (Wildman–Crippen LogP) is 5.43. The normalized spacial score (nSPS) is 13.4. The van der Waals surface area contributed by atoms with Crippen LogP contribution in [-0.4, -0.2) is 6.30 Å². The fourth-order valence-corrected chi connectivity index (χ4v) is 3.28. The van der Waals surface area contributed by atoms with E-state index < -0.39 is 7.77 Å². The van der Waals surface area contributed by atoms with Crippen LogP contribution in [0.2, 0.25) is 0 Å². The van der Waals surface area contributed by atoms with Gasteiger partial charge in [-0.15, -0.1) is 0 Å². The number of benzene rings is 2. The first-order valence-corrected chi connectivity index (χ1v) is 8.53. The molecule has 1 heterocycles. The van der Waals surface area contributed by atoms with Crippen LogP contribution < -0.4 is 9.83 Å². The van der Waals surface area contributed by atoms with Gasteiger partial charge in [-0.2, -0.15) is 0 Å². The Kier molecular flexibility index (Phi) is 12.0. The van der Waals surface area contributed by atoms with E-state index in [4.69, 9.17) is 5.89 Å². The Balaban J connectivity index is 0. The van der Waals surface area contributed by atoms with Gasteiger partial charge < -0.3 is 11.9 Å². The average molecular weight is 380 g/mol. The molecule has 1 aliphatic heterocycles. The maximum atomic E-state index is 5.85. The van der Waals surface area contributed by atoms with Crippen molar-refractivity contribution in [3.05, 3.63) is 55.9 Å². The first-order valence-electron chi connectivity index (χ1n) is 7.62. The number of para-hydroxylation sites is 1. The van der Waals surface area contributed by atoms with Gasteiger partial charge in [0, 0.05) is 43.6 Å². The Morgan fingerprint density at radius 1 is 0.905 bits per heavy atom. The van der Waals surface area contributed by atoms with Crippen molar-refractivity contribution in [3.63, 3.8) is 0 Å². The maximum absolute atomic E-state index is 5.85. The molecule has 1 unspecified atom stereocenters. The molecular weight excluding hydrogens is 352 g/mol. The van der Waals surface area contributed by atoms with Crippen molar-refractivity contribution in [1.29, 1.82) is 0 Å². The molecule has 1 atom stereocenters. The van der Waals surface area contributed by atoms with Crippen molar-refractivity contribution in [2.75, 3.05) is 0 Å². The molecule has 0 amide bonds. The van der Waals surface area contributed by atoms with Gasteiger partial charge in [-0.1, -0.05) is 76.5 Å². The first kappa shape index (κ1) is 20.6. The third-order valence-electron chi connectivity index (χ3n) is 2.64. The molecule has 0 fully saturated rings. The van der Waals surface area contributed by atoms with Gasteiger partial charge in [0.15, 0.2) is 0 Å². The second kappa shape index (κ2) is 12.2. The van der Waals surface area contributed by atoms with E-state index in [-0.39, 0.29) is 32.7 Å². The third kappa shape index (κ3) is 5.40. The fourth-order valence-electron chi connectivity index (χ4n) is 1.93.